The molecule has 0 fully saturated rings. The molecule has 0 atom stereocenters. The Morgan fingerprint density at radius 1 is 1.13 bits per heavy atom. The Balaban J connectivity index is 1.78. The van der Waals surface area contributed by atoms with Crippen LogP contribution in [0.15, 0.2) is 42.5 Å². The van der Waals surface area contributed by atoms with Crippen LogP contribution in [0, 0.1) is 18.6 Å². The Morgan fingerprint density at radius 3 is 2.57 bits per heavy atom. The van der Waals surface area contributed by atoms with Crippen molar-refractivity contribution in [2.75, 3.05) is 5.32 Å². The second kappa shape index (κ2) is 5.96. The first-order chi connectivity index (χ1) is 11.0. The lowest BCUT2D eigenvalue weighted by Gasteiger charge is -2.02. The largest absolute Gasteiger partial charge is 0.289 e. The molecule has 0 radical (unpaired) electrons. The SMILES string of the molecule is Cc1ccc(-c2nc(NC(=O)c3ccc(F)cc3F)n[nH]2)cc1. The molecule has 0 bridgehead atoms. The molecule has 0 aliphatic heterocycles. The number of amides is 1. The minimum atomic E-state index is -0.947. The molecule has 0 unspecified atom stereocenters. The molecule has 1 amide bonds. The summed E-state index contributed by atoms with van der Waals surface area (Å²) in [5, 5.41) is 8.92. The summed E-state index contributed by atoms with van der Waals surface area (Å²) >= 11 is 0. The summed E-state index contributed by atoms with van der Waals surface area (Å²) in [6, 6.07) is 10.3. The van der Waals surface area contributed by atoms with Gasteiger partial charge in [-0.05, 0) is 19.1 Å². The summed E-state index contributed by atoms with van der Waals surface area (Å²) in [6.45, 7) is 1.97. The number of aromatic nitrogens is 3. The number of H-pyrrole nitrogens is 1. The molecule has 2 aromatic carbocycles. The van der Waals surface area contributed by atoms with Gasteiger partial charge in [-0.15, -0.1) is 5.10 Å². The minimum Gasteiger partial charge on any atom is -0.289 e. The van der Waals surface area contributed by atoms with Crippen LogP contribution in [0.5, 0.6) is 0 Å². The minimum absolute atomic E-state index is 0.00861. The van der Waals surface area contributed by atoms with Gasteiger partial charge in [0.05, 0.1) is 5.56 Å². The quantitative estimate of drug-likeness (QED) is 0.779. The molecule has 3 rings (SSSR count). The lowest BCUT2D eigenvalue weighted by Crippen LogP contribution is -2.14. The first-order valence-corrected chi connectivity index (χ1v) is 6.79. The second-order valence-electron chi connectivity index (χ2n) is 4.95. The van der Waals surface area contributed by atoms with Crippen LogP contribution in [0.3, 0.4) is 0 Å². The molecule has 3 aromatic rings. The van der Waals surface area contributed by atoms with Gasteiger partial charge in [0.2, 0.25) is 5.95 Å². The normalized spacial score (nSPS) is 10.6. The van der Waals surface area contributed by atoms with Crippen molar-refractivity contribution in [3.05, 3.63) is 65.2 Å². The van der Waals surface area contributed by atoms with Crippen LogP contribution in [0.2, 0.25) is 0 Å². The summed E-state index contributed by atoms with van der Waals surface area (Å²) in [5.41, 5.74) is 1.62. The number of anilines is 1. The fraction of sp³-hybridized carbons (Fsp3) is 0.0625. The van der Waals surface area contributed by atoms with E-state index in [1.54, 1.807) is 0 Å². The predicted octanol–water partition coefficient (Wildman–Crippen LogP) is 3.31. The fourth-order valence-corrected chi connectivity index (χ4v) is 2.00. The smallest absolute Gasteiger partial charge is 0.261 e. The molecule has 23 heavy (non-hydrogen) atoms. The molecule has 5 nitrogen and oxygen atoms in total. The number of benzene rings is 2. The highest BCUT2D eigenvalue weighted by atomic mass is 19.1. The maximum atomic E-state index is 13.6. The van der Waals surface area contributed by atoms with E-state index in [9.17, 15) is 13.6 Å². The lowest BCUT2D eigenvalue weighted by atomic mass is 10.1. The number of halogens is 2. The highest BCUT2D eigenvalue weighted by molar-refractivity contribution is 6.03. The maximum absolute atomic E-state index is 13.6. The molecular weight excluding hydrogens is 302 g/mol. The van der Waals surface area contributed by atoms with Gasteiger partial charge in [-0.1, -0.05) is 29.8 Å². The lowest BCUT2D eigenvalue weighted by molar-refractivity contribution is 0.102. The van der Waals surface area contributed by atoms with E-state index in [4.69, 9.17) is 0 Å². The van der Waals surface area contributed by atoms with Crippen molar-refractivity contribution in [3.63, 3.8) is 0 Å². The number of hydrogen-bond acceptors (Lipinski definition) is 3. The average molecular weight is 314 g/mol. The number of carbonyl (C=O) groups is 1. The number of carbonyl (C=O) groups excluding carboxylic acids is 1. The number of nitrogens with one attached hydrogen (secondary N) is 2. The van der Waals surface area contributed by atoms with Crippen LogP contribution in [0.1, 0.15) is 15.9 Å². The van der Waals surface area contributed by atoms with E-state index in [2.05, 4.69) is 20.5 Å². The molecule has 7 heteroatoms. The predicted molar refractivity (Wildman–Crippen MR) is 80.9 cm³/mol. The number of aromatic amines is 1. The van der Waals surface area contributed by atoms with Gasteiger partial charge in [0.1, 0.15) is 11.6 Å². The molecule has 1 aromatic heterocycles. The Bertz CT molecular complexity index is 859. The van der Waals surface area contributed by atoms with Crippen LogP contribution >= 0.6 is 0 Å². The molecule has 116 valence electrons. The van der Waals surface area contributed by atoms with Crippen LogP contribution in [0.4, 0.5) is 14.7 Å². The van der Waals surface area contributed by atoms with Gasteiger partial charge in [-0.25, -0.2) is 8.78 Å². The van der Waals surface area contributed by atoms with Crippen molar-refractivity contribution in [1.29, 1.82) is 0 Å². The van der Waals surface area contributed by atoms with Crippen molar-refractivity contribution in [2.45, 2.75) is 6.92 Å². The van der Waals surface area contributed by atoms with Gasteiger partial charge >= 0.3 is 0 Å². The third-order valence-electron chi connectivity index (χ3n) is 3.21. The summed E-state index contributed by atoms with van der Waals surface area (Å²) in [4.78, 5) is 16.1. The molecule has 0 spiro atoms. The van der Waals surface area contributed by atoms with Crippen molar-refractivity contribution in [2.24, 2.45) is 0 Å². The molecule has 0 aliphatic rings. The Labute approximate surface area is 130 Å². The van der Waals surface area contributed by atoms with Gasteiger partial charge < -0.3 is 0 Å². The van der Waals surface area contributed by atoms with Gasteiger partial charge in [0.25, 0.3) is 5.91 Å². The summed E-state index contributed by atoms with van der Waals surface area (Å²) in [5.74, 6) is -1.97. The van der Waals surface area contributed by atoms with Gasteiger partial charge in [-0.2, -0.15) is 4.98 Å². The second-order valence-corrected chi connectivity index (χ2v) is 4.95. The van der Waals surface area contributed by atoms with Crippen molar-refractivity contribution < 1.29 is 13.6 Å². The molecule has 0 saturated carbocycles. The average Bonchev–Trinajstić information content (AvgIpc) is 2.96. The summed E-state index contributed by atoms with van der Waals surface area (Å²) in [7, 11) is 0. The Hall–Kier alpha value is -3.09. The Kier molecular flexibility index (Phi) is 3.84. The third-order valence-corrected chi connectivity index (χ3v) is 3.21. The van der Waals surface area contributed by atoms with Crippen molar-refractivity contribution >= 4 is 11.9 Å². The number of rotatable bonds is 3. The molecule has 0 aliphatic carbocycles. The first kappa shape index (κ1) is 14.8. The highest BCUT2D eigenvalue weighted by Crippen LogP contribution is 2.17. The first-order valence-electron chi connectivity index (χ1n) is 6.79. The van der Waals surface area contributed by atoms with E-state index < -0.39 is 17.5 Å². The number of nitrogens with zero attached hydrogens (tertiary/aromatic N) is 2. The van der Waals surface area contributed by atoms with Crippen LogP contribution in [-0.2, 0) is 0 Å². The molecular formula is C16H12F2N4O. The zero-order valence-corrected chi connectivity index (χ0v) is 12.1. The van der Waals surface area contributed by atoms with E-state index >= 15 is 0 Å². The van der Waals surface area contributed by atoms with E-state index in [0.29, 0.717) is 11.9 Å². The summed E-state index contributed by atoms with van der Waals surface area (Å²) < 4.78 is 26.4. The molecule has 1 heterocycles. The Morgan fingerprint density at radius 2 is 1.87 bits per heavy atom. The van der Waals surface area contributed by atoms with Crippen molar-refractivity contribution in [1.82, 2.24) is 15.2 Å². The third kappa shape index (κ3) is 3.23. The number of aryl methyl sites for hydroxylation is 1. The zero-order valence-electron chi connectivity index (χ0n) is 12.1. The maximum Gasteiger partial charge on any atom is 0.261 e. The molecule has 0 saturated heterocycles. The van der Waals surface area contributed by atoms with Gasteiger partial charge in [0, 0.05) is 11.6 Å². The van der Waals surface area contributed by atoms with Crippen molar-refractivity contribution in [3.8, 4) is 11.4 Å². The van der Waals surface area contributed by atoms with E-state index in [0.717, 1.165) is 23.3 Å². The van der Waals surface area contributed by atoms with E-state index in [1.165, 1.54) is 0 Å². The standard InChI is InChI=1S/C16H12F2N4O/c1-9-2-4-10(5-3-9)14-19-16(22-21-14)20-15(23)12-7-6-11(17)8-13(12)18/h2-8H,1H3,(H2,19,20,21,22,23). The van der Waals surface area contributed by atoms with E-state index in [-0.39, 0.29) is 11.5 Å². The van der Waals surface area contributed by atoms with Crippen LogP contribution < -0.4 is 5.32 Å². The topological polar surface area (TPSA) is 70.7 Å². The monoisotopic (exact) mass is 314 g/mol. The van der Waals surface area contributed by atoms with Crippen LogP contribution in [-0.4, -0.2) is 21.1 Å². The van der Waals surface area contributed by atoms with Crippen LogP contribution in [0.25, 0.3) is 11.4 Å². The van der Waals surface area contributed by atoms with Gasteiger partial charge in [0.15, 0.2) is 5.82 Å². The fourth-order valence-electron chi connectivity index (χ4n) is 2.00. The summed E-state index contributed by atoms with van der Waals surface area (Å²) in [6.07, 6.45) is 0. The zero-order chi connectivity index (χ0) is 16.4. The van der Waals surface area contributed by atoms with Gasteiger partial charge in [-0.3, -0.25) is 15.2 Å². The van der Waals surface area contributed by atoms with E-state index in [1.807, 2.05) is 31.2 Å². The highest BCUT2D eigenvalue weighted by Gasteiger charge is 2.15. The number of hydrogen-bond donors (Lipinski definition) is 2. The molecule has 2 N–H and O–H groups in total.